The molecule has 8 nitrogen and oxygen atoms in total. The Morgan fingerprint density at radius 3 is 2.81 bits per heavy atom. The van der Waals surface area contributed by atoms with E-state index < -0.39 is 17.8 Å². The van der Waals surface area contributed by atoms with E-state index in [1.165, 1.54) is 42.3 Å². The lowest BCUT2D eigenvalue weighted by Crippen LogP contribution is -2.14. The molecule has 11 heteroatoms. The summed E-state index contributed by atoms with van der Waals surface area (Å²) in [6, 6.07) is 7.33. The summed E-state index contributed by atoms with van der Waals surface area (Å²) >= 11 is 7.26. The highest BCUT2D eigenvalue weighted by Gasteiger charge is 2.28. The molecule has 0 fully saturated rings. The van der Waals surface area contributed by atoms with E-state index in [-0.39, 0.29) is 44.8 Å². The smallest absolute Gasteiger partial charge is 0.357 e. The zero-order chi connectivity index (χ0) is 22.8. The Balaban J connectivity index is 1.85. The Hall–Kier alpha value is -3.50. The molecule has 0 bridgehead atoms. The topological polar surface area (TPSA) is 96.5 Å². The van der Waals surface area contributed by atoms with Crippen LogP contribution in [0.25, 0.3) is 28.3 Å². The molecule has 32 heavy (non-hydrogen) atoms. The van der Waals surface area contributed by atoms with Crippen LogP contribution in [-0.4, -0.2) is 40.6 Å². The molecule has 0 aliphatic carbocycles. The van der Waals surface area contributed by atoms with Crippen LogP contribution in [0.5, 0.6) is 0 Å². The standard InChI is InChI=1S/C21H15ClFN3O5S/c1-3-30-20(27)18-11(10-24-26(18)15-7-8-32-19(15)21(28)29-2)16-9-14(25-31-16)17-12(22)5-4-6-13(17)23/h4-10H,3H2,1-2H3. The zero-order valence-electron chi connectivity index (χ0n) is 16.8. The number of ether oxygens (including phenoxy) is 2. The minimum absolute atomic E-state index is 0.0118. The van der Waals surface area contributed by atoms with Crippen LogP contribution >= 0.6 is 22.9 Å². The van der Waals surface area contributed by atoms with E-state index in [1.54, 1.807) is 18.4 Å². The third-order valence-corrected chi connectivity index (χ3v) is 5.67. The second-order valence-corrected chi connectivity index (χ2v) is 7.66. The van der Waals surface area contributed by atoms with E-state index >= 15 is 0 Å². The number of esters is 2. The highest BCUT2D eigenvalue weighted by Crippen LogP contribution is 2.35. The number of benzene rings is 1. The molecule has 4 aromatic rings. The molecule has 0 spiro atoms. The van der Waals surface area contributed by atoms with Crippen LogP contribution in [0.15, 0.2) is 46.4 Å². The number of halogens is 2. The highest BCUT2D eigenvalue weighted by molar-refractivity contribution is 7.12. The lowest BCUT2D eigenvalue weighted by atomic mass is 10.1. The average molecular weight is 476 g/mol. The van der Waals surface area contributed by atoms with Crippen molar-refractivity contribution in [1.82, 2.24) is 14.9 Å². The van der Waals surface area contributed by atoms with Crippen molar-refractivity contribution in [2.24, 2.45) is 0 Å². The largest absolute Gasteiger partial charge is 0.465 e. The van der Waals surface area contributed by atoms with Gasteiger partial charge in [-0.2, -0.15) is 5.10 Å². The van der Waals surface area contributed by atoms with Gasteiger partial charge >= 0.3 is 11.9 Å². The van der Waals surface area contributed by atoms with Gasteiger partial charge < -0.3 is 14.0 Å². The Morgan fingerprint density at radius 2 is 2.09 bits per heavy atom. The summed E-state index contributed by atoms with van der Waals surface area (Å²) in [5, 5.41) is 9.99. The Kier molecular flexibility index (Phi) is 6.06. The van der Waals surface area contributed by atoms with E-state index in [0.29, 0.717) is 5.69 Å². The predicted molar refractivity (Wildman–Crippen MR) is 115 cm³/mol. The fourth-order valence-electron chi connectivity index (χ4n) is 3.08. The first-order valence-corrected chi connectivity index (χ1v) is 10.5. The van der Waals surface area contributed by atoms with Gasteiger partial charge in [-0.25, -0.2) is 18.7 Å². The summed E-state index contributed by atoms with van der Waals surface area (Å²) in [5.41, 5.74) is 0.818. The van der Waals surface area contributed by atoms with E-state index in [1.807, 2.05) is 0 Å². The normalized spacial score (nSPS) is 10.9. The summed E-state index contributed by atoms with van der Waals surface area (Å²) in [6.07, 6.45) is 1.37. The van der Waals surface area contributed by atoms with Crippen molar-refractivity contribution < 1.29 is 28.0 Å². The molecule has 0 unspecified atom stereocenters. The molecule has 0 N–H and O–H groups in total. The molecular weight excluding hydrogens is 461 g/mol. The fourth-order valence-corrected chi connectivity index (χ4v) is 4.13. The van der Waals surface area contributed by atoms with Crippen LogP contribution in [0.3, 0.4) is 0 Å². The number of aromatic nitrogens is 3. The fraction of sp³-hybridized carbons (Fsp3) is 0.143. The molecule has 4 rings (SSSR count). The average Bonchev–Trinajstić information content (AvgIpc) is 3.51. The van der Waals surface area contributed by atoms with Crippen molar-refractivity contribution in [3.05, 3.63) is 63.3 Å². The number of carbonyl (C=O) groups excluding carboxylic acids is 2. The van der Waals surface area contributed by atoms with Crippen LogP contribution in [0, 0.1) is 5.82 Å². The SMILES string of the molecule is CCOC(=O)c1c(-c2cc(-c3c(F)cccc3Cl)no2)cnn1-c1ccsc1C(=O)OC. The Morgan fingerprint density at radius 1 is 1.28 bits per heavy atom. The molecule has 0 saturated heterocycles. The molecule has 3 aromatic heterocycles. The molecule has 0 atom stereocenters. The molecule has 0 aliphatic heterocycles. The quantitative estimate of drug-likeness (QED) is 0.361. The maximum Gasteiger partial charge on any atom is 0.357 e. The molecule has 0 aliphatic rings. The third-order valence-electron chi connectivity index (χ3n) is 4.48. The number of hydrogen-bond acceptors (Lipinski definition) is 8. The van der Waals surface area contributed by atoms with Gasteiger partial charge in [-0.05, 0) is 30.5 Å². The molecule has 0 saturated carbocycles. The van der Waals surface area contributed by atoms with E-state index in [9.17, 15) is 14.0 Å². The Labute approximate surface area is 190 Å². The lowest BCUT2D eigenvalue weighted by Gasteiger charge is -2.08. The van der Waals surface area contributed by atoms with Gasteiger partial charge in [0.2, 0.25) is 0 Å². The van der Waals surface area contributed by atoms with E-state index in [0.717, 1.165) is 11.3 Å². The number of nitrogens with zero attached hydrogens (tertiary/aromatic N) is 3. The van der Waals surface area contributed by atoms with E-state index in [2.05, 4.69) is 10.3 Å². The summed E-state index contributed by atoms with van der Waals surface area (Å²) in [4.78, 5) is 25.2. The Bertz CT molecular complexity index is 1290. The number of methoxy groups -OCH3 is 1. The van der Waals surface area contributed by atoms with Gasteiger partial charge in [0.15, 0.2) is 11.5 Å². The van der Waals surface area contributed by atoms with Gasteiger partial charge in [0, 0.05) is 6.07 Å². The number of carbonyl (C=O) groups is 2. The summed E-state index contributed by atoms with van der Waals surface area (Å²) in [6.45, 7) is 1.78. The molecule has 1 aromatic carbocycles. The van der Waals surface area contributed by atoms with E-state index in [4.69, 9.17) is 25.6 Å². The van der Waals surface area contributed by atoms with Gasteiger partial charge in [-0.1, -0.05) is 22.8 Å². The van der Waals surface area contributed by atoms with Crippen molar-refractivity contribution in [1.29, 1.82) is 0 Å². The second-order valence-electron chi connectivity index (χ2n) is 6.34. The monoisotopic (exact) mass is 475 g/mol. The van der Waals surface area contributed by atoms with Crippen molar-refractivity contribution in [3.8, 4) is 28.3 Å². The van der Waals surface area contributed by atoms with Gasteiger partial charge in [0.1, 0.15) is 16.4 Å². The van der Waals surface area contributed by atoms with Gasteiger partial charge in [0.05, 0.1) is 41.8 Å². The number of hydrogen-bond donors (Lipinski definition) is 0. The highest BCUT2D eigenvalue weighted by atomic mass is 35.5. The predicted octanol–water partition coefficient (Wildman–Crippen LogP) is 5.01. The first-order chi connectivity index (χ1) is 15.5. The molecule has 3 heterocycles. The second kappa shape index (κ2) is 8.93. The molecule has 164 valence electrons. The minimum atomic E-state index is -0.691. The number of thiophene rings is 1. The summed E-state index contributed by atoms with van der Waals surface area (Å²) in [7, 11) is 1.26. The van der Waals surface area contributed by atoms with Crippen LogP contribution in [-0.2, 0) is 9.47 Å². The first-order valence-electron chi connectivity index (χ1n) is 9.29. The van der Waals surface area contributed by atoms with Crippen LogP contribution < -0.4 is 0 Å². The van der Waals surface area contributed by atoms with Crippen molar-refractivity contribution in [2.75, 3.05) is 13.7 Å². The van der Waals surface area contributed by atoms with Gasteiger partial charge in [0.25, 0.3) is 0 Å². The van der Waals surface area contributed by atoms with Crippen molar-refractivity contribution in [2.45, 2.75) is 6.92 Å². The number of rotatable bonds is 6. The molecular formula is C21H15ClFN3O5S. The zero-order valence-corrected chi connectivity index (χ0v) is 18.4. The maximum absolute atomic E-state index is 14.3. The van der Waals surface area contributed by atoms with Gasteiger partial charge in [-0.15, -0.1) is 11.3 Å². The molecule has 0 amide bonds. The first kappa shape index (κ1) is 21.7. The van der Waals surface area contributed by atoms with Crippen LogP contribution in [0.4, 0.5) is 4.39 Å². The summed E-state index contributed by atoms with van der Waals surface area (Å²) in [5.74, 6) is -1.69. The van der Waals surface area contributed by atoms with Crippen molar-refractivity contribution in [3.63, 3.8) is 0 Å². The van der Waals surface area contributed by atoms with Crippen molar-refractivity contribution >= 4 is 34.9 Å². The lowest BCUT2D eigenvalue weighted by molar-refractivity contribution is 0.0514. The van der Waals surface area contributed by atoms with Gasteiger partial charge in [-0.3, -0.25) is 0 Å². The third kappa shape index (κ3) is 3.78. The summed E-state index contributed by atoms with van der Waals surface area (Å²) < 4.78 is 31.0. The molecule has 0 radical (unpaired) electrons. The minimum Gasteiger partial charge on any atom is -0.465 e. The van der Waals surface area contributed by atoms with Crippen LogP contribution in [0.2, 0.25) is 5.02 Å². The maximum atomic E-state index is 14.3. The van der Waals surface area contributed by atoms with Crippen LogP contribution in [0.1, 0.15) is 27.1 Å².